The number of methoxy groups -OCH3 is 1. The fourth-order valence-corrected chi connectivity index (χ4v) is 11.1. The molecule has 0 radical (unpaired) electrons. The fourth-order valence-electron chi connectivity index (χ4n) is 11.1. The summed E-state index contributed by atoms with van der Waals surface area (Å²) >= 11 is 0. The second kappa shape index (κ2) is 37.0. The Balaban J connectivity index is 0.937. The zero-order valence-electron chi connectivity index (χ0n) is 55.8. The van der Waals surface area contributed by atoms with Gasteiger partial charge in [0.1, 0.15) is 37.2 Å². The molecule has 10 N–H and O–H groups in total. The summed E-state index contributed by atoms with van der Waals surface area (Å²) in [6.45, 7) is 14.1. The SMILES string of the molecule is CC[C@@]1(O)C(=O)OCc2c1cc1n(c2=O)Cc2c-1nc1cc(F)c(C)c3c1c2[C@@H](NC(=O)[C@H](C)NC(=O)OCc1ccc(NC(=O)[C@@H](C)NC(=O)[C@@H](NC(=O)[C@@H](N)CCC(=O)O)C(C)C)cc1C(=O)NCCOCCOCCOCCOCCOCCOCCOCCOC)CC3. The van der Waals surface area contributed by atoms with E-state index in [-0.39, 0.29) is 92.2 Å². The predicted molar refractivity (Wildman–Crippen MR) is 345 cm³/mol. The van der Waals surface area contributed by atoms with Crippen molar-refractivity contribution in [2.75, 3.05) is 118 Å². The number of aromatic nitrogens is 2. The lowest BCUT2D eigenvalue weighted by atomic mass is 9.81. The highest BCUT2D eigenvalue weighted by Crippen LogP contribution is 2.46. The third-order valence-corrected chi connectivity index (χ3v) is 16.6. The molecule has 4 aromatic rings. The highest BCUT2D eigenvalue weighted by molar-refractivity contribution is 6.01. The van der Waals surface area contributed by atoms with Gasteiger partial charge >= 0.3 is 18.0 Å². The predicted octanol–water partition coefficient (Wildman–Crippen LogP) is 2.21. The van der Waals surface area contributed by atoms with Gasteiger partial charge in [0.15, 0.2) is 5.60 Å². The van der Waals surface area contributed by atoms with Crippen LogP contribution in [-0.2, 0) is 108 Å². The first-order valence-electron chi connectivity index (χ1n) is 32.4. The summed E-state index contributed by atoms with van der Waals surface area (Å²) < 4.78 is 71.3. The summed E-state index contributed by atoms with van der Waals surface area (Å²) in [5.74, 6) is -6.48. The van der Waals surface area contributed by atoms with Gasteiger partial charge in [-0.1, -0.05) is 26.8 Å². The van der Waals surface area contributed by atoms with Crippen molar-refractivity contribution in [3.05, 3.63) is 91.0 Å². The van der Waals surface area contributed by atoms with Crippen LogP contribution in [0.15, 0.2) is 35.1 Å². The lowest BCUT2D eigenvalue weighted by molar-refractivity contribution is -0.172. The van der Waals surface area contributed by atoms with Gasteiger partial charge in [0, 0.05) is 59.5 Å². The van der Waals surface area contributed by atoms with Gasteiger partial charge in [-0.3, -0.25) is 33.6 Å². The molecular weight excluding hydrogens is 1270 g/mol. The first-order valence-corrected chi connectivity index (χ1v) is 32.4. The smallest absolute Gasteiger partial charge is 0.408 e. The maximum Gasteiger partial charge on any atom is 0.408 e. The first kappa shape index (κ1) is 76.3. The molecule has 4 heterocycles. The summed E-state index contributed by atoms with van der Waals surface area (Å²) in [6.07, 6.45) is -1.01. The highest BCUT2D eigenvalue weighted by atomic mass is 19.1. The number of alkyl carbamates (subject to hydrolysis) is 1. The summed E-state index contributed by atoms with van der Waals surface area (Å²) in [5, 5.41) is 37.2. The van der Waals surface area contributed by atoms with Gasteiger partial charge in [0.25, 0.3) is 11.5 Å². The van der Waals surface area contributed by atoms with Crippen molar-refractivity contribution >= 4 is 64.2 Å². The monoisotopic (exact) mass is 1360 g/mol. The van der Waals surface area contributed by atoms with Crippen LogP contribution in [0.2, 0.25) is 0 Å². The van der Waals surface area contributed by atoms with Crippen molar-refractivity contribution in [1.29, 1.82) is 0 Å². The van der Waals surface area contributed by atoms with Gasteiger partial charge in [-0.25, -0.2) is 19.0 Å². The molecule has 6 amide bonds. The minimum absolute atomic E-state index is 0.00222. The Morgan fingerprint density at radius 1 is 0.763 bits per heavy atom. The van der Waals surface area contributed by atoms with E-state index in [4.69, 9.17) is 63.2 Å². The average molecular weight is 1360 g/mol. The van der Waals surface area contributed by atoms with Gasteiger partial charge in [0.05, 0.1) is 140 Å². The molecule has 1 aliphatic carbocycles. The Hall–Kier alpha value is -8.11. The zero-order chi connectivity index (χ0) is 70.3. The summed E-state index contributed by atoms with van der Waals surface area (Å²) in [5.41, 5.74) is 6.86. The number of ether oxygens (including phenoxy) is 10. The molecule has 0 fully saturated rings. The number of benzene rings is 2. The standard InChI is InChI=1S/C66H90FN9O21/c1-8-66(87)47-32-52-57-45(34-76(52)63(84)46(47)36-96-64(66)85)55-50(13-11-43-38(4)48(67)33-51(73-57)54(43)55)74-59(80)40(6)71-65(86)97-35-41-9-10-42(72-58(79)39(5)70-62(83)56(37(2)3)75-61(82)49(68)12-14-53(77)78)31-44(41)60(81)69-15-16-89-19-20-91-23-24-93-27-28-95-30-29-94-26-25-92-22-21-90-18-17-88-7/h9-10,31-33,37,39-40,49-50,56,87H,8,11-30,34-36,68H2,1-7H3,(H,69,81)(H,70,83)(H,71,86)(H,72,79)(H,74,80)(H,75,82)(H,77,78)/t39-,40+,49+,50+,56+,66+/m1/s1. The van der Waals surface area contributed by atoms with Crippen molar-refractivity contribution < 1.29 is 100 Å². The van der Waals surface area contributed by atoms with Gasteiger partial charge in [-0.2, -0.15) is 0 Å². The van der Waals surface area contributed by atoms with E-state index in [1.165, 1.54) is 42.7 Å². The number of carboxylic acids is 1. The van der Waals surface area contributed by atoms with E-state index in [2.05, 4.69) is 31.9 Å². The molecular formula is C66H90FN9O21. The van der Waals surface area contributed by atoms with Gasteiger partial charge in [-0.15, -0.1) is 0 Å². The molecule has 0 spiro atoms. The Morgan fingerprint density at radius 3 is 1.95 bits per heavy atom. The Labute approximate surface area is 560 Å². The van der Waals surface area contributed by atoms with Crippen LogP contribution in [0.5, 0.6) is 0 Å². The second-order valence-corrected chi connectivity index (χ2v) is 23.7. The number of aliphatic carboxylic acids is 1. The van der Waals surface area contributed by atoms with Crippen molar-refractivity contribution in [2.24, 2.45) is 11.7 Å². The third kappa shape index (κ3) is 20.5. The van der Waals surface area contributed by atoms with Crippen molar-refractivity contribution in [3.63, 3.8) is 0 Å². The van der Waals surface area contributed by atoms with Crippen LogP contribution in [0.4, 0.5) is 14.9 Å². The van der Waals surface area contributed by atoms with E-state index in [0.717, 1.165) is 0 Å². The lowest BCUT2D eigenvalue weighted by Gasteiger charge is -2.31. The van der Waals surface area contributed by atoms with Crippen LogP contribution in [0.25, 0.3) is 22.3 Å². The topological polar surface area (TPSA) is 402 Å². The summed E-state index contributed by atoms with van der Waals surface area (Å²) in [6, 6.07) is 1.54. The number of nitrogens with one attached hydrogen (secondary N) is 6. The number of pyridine rings is 2. The molecule has 532 valence electrons. The lowest BCUT2D eigenvalue weighted by Crippen LogP contribution is -2.56. The maximum absolute atomic E-state index is 15.6. The van der Waals surface area contributed by atoms with E-state index in [9.17, 15) is 48.3 Å². The maximum atomic E-state index is 15.6. The number of aliphatic hydroxyl groups is 1. The van der Waals surface area contributed by atoms with Gasteiger partial charge in [0.2, 0.25) is 23.6 Å². The van der Waals surface area contributed by atoms with E-state index >= 15 is 4.39 Å². The van der Waals surface area contributed by atoms with Gasteiger partial charge < -0.3 is 99.8 Å². The Bertz CT molecular complexity index is 3520. The van der Waals surface area contributed by atoms with Crippen LogP contribution in [0.3, 0.4) is 0 Å². The molecule has 7 rings (SSSR count). The molecule has 6 atom stereocenters. The van der Waals surface area contributed by atoms with Crippen molar-refractivity contribution in [2.45, 2.75) is 129 Å². The number of nitrogens with zero attached hydrogens (tertiary/aromatic N) is 2. The molecule has 0 bridgehead atoms. The minimum Gasteiger partial charge on any atom is -0.481 e. The number of carboxylic acid groups (broad SMARTS) is 1. The highest BCUT2D eigenvalue weighted by Gasteiger charge is 2.46. The molecule has 2 aromatic carbocycles. The van der Waals surface area contributed by atoms with Crippen LogP contribution < -0.4 is 43.2 Å². The van der Waals surface area contributed by atoms with E-state index in [1.807, 2.05) is 0 Å². The first-order chi connectivity index (χ1) is 46.5. The molecule has 3 aliphatic rings. The molecule has 97 heavy (non-hydrogen) atoms. The second-order valence-electron chi connectivity index (χ2n) is 23.7. The number of cyclic esters (lactones) is 1. The largest absolute Gasteiger partial charge is 0.481 e. The number of hydrogen-bond donors (Lipinski definition) is 9. The number of carbonyl (C=O) groups is 8. The van der Waals surface area contributed by atoms with Crippen LogP contribution in [0, 0.1) is 18.7 Å². The number of nitrogens with two attached hydrogens (primary N) is 1. The van der Waals surface area contributed by atoms with Crippen LogP contribution >= 0.6 is 0 Å². The van der Waals surface area contributed by atoms with E-state index in [0.29, 0.717) is 131 Å². The Kier molecular flexibility index (Phi) is 29.1. The Morgan fingerprint density at radius 2 is 1.36 bits per heavy atom. The number of halogens is 1. The molecule has 0 unspecified atom stereocenters. The van der Waals surface area contributed by atoms with Crippen molar-refractivity contribution in [1.82, 2.24) is 36.1 Å². The number of carbonyl (C=O) groups excluding carboxylic acids is 7. The number of anilines is 1. The number of esters is 1. The van der Waals surface area contributed by atoms with Crippen LogP contribution in [-0.4, -0.2) is 204 Å². The molecule has 0 saturated heterocycles. The number of fused-ring (bicyclic) bond motifs is 5. The fraction of sp³-hybridized carbons (Fsp3) is 0.576. The summed E-state index contributed by atoms with van der Waals surface area (Å²) in [4.78, 5) is 124. The van der Waals surface area contributed by atoms with E-state index in [1.54, 1.807) is 40.9 Å². The van der Waals surface area contributed by atoms with Gasteiger partial charge in [-0.05, 0) is 87.3 Å². The number of amides is 6. The molecule has 2 aliphatic heterocycles. The molecule has 31 heteroatoms. The quantitative estimate of drug-likeness (QED) is 0.0200. The minimum atomic E-state index is -2.09. The summed E-state index contributed by atoms with van der Waals surface area (Å²) in [7, 11) is 1.61. The third-order valence-electron chi connectivity index (χ3n) is 16.6. The zero-order valence-corrected chi connectivity index (χ0v) is 55.8. The molecule has 0 saturated carbocycles. The number of rotatable bonds is 41. The van der Waals surface area contributed by atoms with Crippen LogP contribution in [0.1, 0.15) is 116 Å². The van der Waals surface area contributed by atoms with Crippen molar-refractivity contribution in [3.8, 4) is 11.4 Å². The average Bonchev–Trinajstić information content (AvgIpc) is 1.59. The normalized spacial score (nSPS) is 16.4. The number of hydrogen-bond acceptors (Lipinski definition) is 22. The number of aryl methyl sites for hydroxylation is 1. The van der Waals surface area contributed by atoms with E-state index < -0.39 is 107 Å². The molecule has 30 nitrogen and oxygen atoms in total. The molecule has 2 aromatic heterocycles.